The van der Waals surface area contributed by atoms with Crippen LogP contribution in [0, 0.1) is 6.92 Å². The van der Waals surface area contributed by atoms with E-state index in [1.54, 1.807) is 45.4 Å². The van der Waals surface area contributed by atoms with Gasteiger partial charge in [0.2, 0.25) is 5.76 Å². The van der Waals surface area contributed by atoms with Gasteiger partial charge in [-0.2, -0.15) is 0 Å². The molecule has 7 nitrogen and oxygen atoms in total. The number of aliphatic hydroxyl groups is 1. The molecular weight excluding hydrogens is 300 g/mol. The minimum Gasteiger partial charge on any atom is -0.497 e. The summed E-state index contributed by atoms with van der Waals surface area (Å²) in [6.07, 6.45) is 0. The number of methoxy groups -OCH3 is 2. The van der Waals surface area contributed by atoms with E-state index >= 15 is 0 Å². The summed E-state index contributed by atoms with van der Waals surface area (Å²) in [4.78, 5) is 14.0. The van der Waals surface area contributed by atoms with Gasteiger partial charge in [0.1, 0.15) is 11.5 Å². The van der Waals surface area contributed by atoms with Crippen LogP contribution in [-0.4, -0.2) is 48.4 Å². The molecule has 1 amide bonds. The van der Waals surface area contributed by atoms with Crippen molar-refractivity contribution in [2.24, 2.45) is 0 Å². The van der Waals surface area contributed by atoms with Crippen LogP contribution in [0.25, 0.3) is 0 Å². The highest BCUT2D eigenvalue weighted by Gasteiger charge is 2.21. The zero-order chi connectivity index (χ0) is 16.8. The molecule has 0 aliphatic rings. The maximum atomic E-state index is 12.5. The van der Waals surface area contributed by atoms with E-state index in [9.17, 15) is 9.90 Å². The molecule has 2 rings (SSSR count). The number of rotatable bonds is 7. The number of hydrogen-bond acceptors (Lipinski definition) is 6. The second kappa shape index (κ2) is 7.64. The number of aromatic nitrogens is 1. The van der Waals surface area contributed by atoms with Gasteiger partial charge < -0.3 is 24.0 Å². The van der Waals surface area contributed by atoms with Crippen molar-refractivity contribution in [3.8, 4) is 11.5 Å². The Morgan fingerprint density at radius 2 is 2.09 bits per heavy atom. The van der Waals surface area contributed by atoms with Crippen LogP contribution in [0.4, 0.5) is 0 Å². The van der Waals surface area contributed by atoms with Gasteiger partial charge in [-0.3, -0.25) is 4.79 Å². The molecule has 1 aromatic carbocycles. The lowest BCUT2D eigenvalue weighted by atomic mass is 10.1. The van der Waals surface area contributed by atoms with Crippen LogP contribution in [0.3, 0.4) is 0 Å². The van der Waals surface area contributed by atoms with Gasteiger partial charge in [0.05, 0.1) is 26.5 Å². The molecule has 7 heteroatoms. The average Bonchev–Trinajstić information content (AvgIpc) is 3.00. The van der Waals surface area contributed by atoms with Crippen LogP contribution in [0.1, 0.15) is 21.8 Å². The predicted octanol–water partition coefficient (Wildman–Crippen LogP) is 1.63. The Bertz CT molecular complexity index is 668. The predicted molar refractivity (Wildman–Crippen MR) is 82.6 cm³/mol. The molecule has 0 spiro atoms. The highest BCUT2D eigenvalue weighted by molar-refractivity contribution is 5.91. The summed E-state index contributed by atoms with van der Waals surface area (Å²) in [7, 11) is 3.13. The molecule has 0 aliphatic heterocycles. The van der Waals surface area contributed by atoms with E-state index < -0.39 is 0 Å². The number of aryl methyl sites for hydroxylation is 1. The molecule has 0 radical (unpaired) electrons. The van der Waals surface area contributed by atoms with Gasteiger partial charge in [-0.25, -0.2) is 0 Å². The van der Waals surface area contributed by atoms with Crippen molar-refractivity contribution >= 4 is 5.91 Å². The van der Waals surface area contributed by atoms with Crippen molar-refractivity contribution in [1.82, 2.24) is 10.1 Å². The number of nitrogens with zero attached hydrogens (tertiary/aromatic N) is 2. The molecule has 0 aliphatic carbocycles. The SMILES string of the molecule is COc1ccc(OC)c(CN(CCO)C(=O)c2cc(C)no2)c1. The summed E-state index contributed by atoms with van der Waals surface area (Å²) in [5.41, 5.74) is 1.39. The molecule has 0 bridgehead atoms. The van der Waals surface area contributed by atoms with E-state index in [0.29, 0.717) is 17.2 Å². The van der Waals surface area contributed by atoms with Crippen molar-refractivity contribution in [2.75, 3.05) is 27.4 Å². The van der Waals surface area contributed by atoms with Crippen molar-refractivity contribution in [3.63, 3.8) is 0 Å². The number of aliphatic hydroxyl groups excluding tert-OH is 1. The smallest absolute Gasteiger partial charge is 0.292 e. The summed E-state index contributed by atoms with van der Waals surface area (Å²) in [6, 6.07) is 6.91. The molecule has 2 aromatic rings. The molecular formula is C16H20N2O5. The fraction of sp³-hybridized carbons (Fsp3) is 0.375. The highest BCUT2D eigenvalue weighted by Crippen LogP contribution is 2.25. The summed E-state index contributed by atoms with van der Waals surface area (Å²) in [5, 5.41) is 13.0. The van der Waals surface area contributed by atoms with Crippen molar-refractivity contribution < 1.29 is 23.9 Å². The Morgan fingerprint density at radius 3 is 2.65 bits per heavy atom. The van der Waals surface area contributed by atoms with Gasteiger partial charge in [-0.05, 0) is 25.1 Å². The summed E-state index contributed by atoms with van der Waals surface area (Å²) in [5.74, 6) is 1.09. The number of benzene rings is 1. The first-order valence-corrected chi connectivity index (χ1v) is 7.13. The van der Waals surface area contributed by atoms with E-state index in [0.717, 1.165) is 5.56 Å². The van der Waals surface area contributed by atoms with E-state index in [1.165, 1.54) is 4.90 Å². The third kappa shape index (κ3) is 4.01. The van der Waals surface area contributed by atoms with Gasteiger partial charge in [-0.15, -0.1) is 0 Å². The zero-order valence-electron chi connectivity index (χ0n) is 13.4. The Balaban J connectivity index is 2.27. The van der Waals surface area contributed by atoms with Gasteiger partial charge in [-0.1, -0.05) is 5.16 Å². The normalized spacial score (nSPS) is 10.4. The second-order valence-corrected chi connectivity index (χ2v) is 4.96. The second-order valence-electron chi connectivity index (χ2n) is 4.96. The molecule has 124 valence electrons. The Hall–Kier alpha value is -2.54. The van der Waals surface area contributed by atoms with Crippen molar-refractivity contribution in [2.45, 2.75) is 13.5 Å². The van der Waals surface area contributed by atoms with E-state index in [4.69, 9.17) is 14.0 Å². The van der Waals surface area contributed by atoms with Gasteiger partial charge in [0.25, 0.3) is 5.91 Å². The maximum absolute atomic E-state index is 12.5. The number of ether oxygens (including phenoxy) is 2. The largest absolute Gasteiger partial charge is 0.497 e. The fourth-order valence-corrected chi connectivity index (χ4v) is 2.20. The molecule has 0 saturated carbocycles. The lowest BCUT2D eigenvalue weighted by Gasteiger charge is -2.22. The van der Waals surface area contributed by atoms with Gasteiger partial charge in [0.15, 0.2) is 0 Å². The number of hydrogen-bond donors (Lipinski definition) is 1. The van der Waals surface area contributed by atoms with Crippen LogP contribution < -0.4 is 9.47 Å². The quantitative estimate of drug-likeness (QED) is 0.835. The minimum atomic E-state index is -0.343. The Morgan fingerprint density at radius 1 is 1.30 bits per heavy atom. The topological polar surface area (TPSA) is 85.0 Å². The molecule has 1 N–H and O–H groups in total. The first-order valence-electron chi connectivity index (χ1n) is 7.13. The van der Waals surface area contributed by atoms with Crippen LogP contribution in [0.2, 0.25) is 0 Å². The number of carbonyl (C=O) groups is 1. The fourth-order valence-electron chi connectivity index (χ4n) is 2.20. The Kier molecular flexibility index (Phi) is 5.59. The monoisotopic (exact) mass is 320 g/mol. The van der Waals surface area contributed by atoms with Gasteiger partial charge in [0, 0.05) is 24.7 Å². The average molecular weight is 320 g/mol. The van der Waals surface area contributed by atoms with Crippen molar-refractivity contribution in [1.29, 1.82) is 0 Å². The van der Waals surface area contributed by atoms with E-state index in [-0.39, 0.29) is 31.4 Å². The van der Waals surface area contributed by atoms with E-state index in [2.05, 4.69) is 5.16 Å². The molecule has 1 aromatic heterocycles. The first-order chi connectivity index (χ1) is 11.1. The number of amides is 1. The third-order valence-corrected chi connectivity index (χ3v) is 3.34. The van der Waals surface area contributed by atoms with E-state index in [1.807, 2.05) is 0 Å². The molecule has 23 heavy (non-hydrogen) atoms. The number of carbonyl (C=O) groups excluding carboxylic acids is 1. The van der Waals surface area contributed by atoms with Gasteiger partial charge >= 0.3 is 0 Å². The zero-order valence-corrected chi connectivity index (χ0v) is 13.4. The molecule has 0 fully saturated rings. The molecule has 0 unspecified atom stereocenters. The summed E-state index contributed by atoms with van der Waals surface area (Å²) >= 11 is 0. The molecule has 0 saturated heterocycles. The summed E-state index contributed by atoms with van der Waals surface area (Å²) < 4.78 is 15.5. The molecule has 0 atom stereocenters. The van der Waals surface area contributed by atoms with Crippen LogP contribution in [-0.2, 0) is 6.54 Å². The highest BCUT2D eigenvalue weighted by atomic mass is 16.5. The van der Waals surface area contributed by atoms with Crippen molar-refractivity contribution in [3.05, 3.63) is 41.3 Å². The Labute approximate surface area is 134 Å². The lowest BCUT2D eigenvalue weighted by molar-refractivity contribution is 0.0664. The van der Waals surface area contributed by atoms with Crippen LogP contribution >= 0.6 is 0 Å². The first kappa shape index (κ1) is 16.8. The van der Waals surface area contributed by atoms with Crippen LogP contribution in [0.15, 0.2) is 28.8 Å². The summed E-state index contributed by atoms with van der Waals surface area (Å²) in [6.45, 7) is 1.99. The standard InChI is InChI=1S/C16H20N2O5/c1-11-8-15(23-17-11)16(20)18(6-7-19)10-12-9-13(21-2)4-5-14(12)22-3/h4-5,8-9,19H,6-7,10H2,1-3H3. The van der Waals surface area contributed by atoms with Crippen LogP contribution in [0.5, 0.6) is 11.5 Å². The minimum absolute atomic E-state index is 0.137. The molecule has 1 heterocycles. The third-order valence-electron chi connectivity index (χ3n) is 3.34. The lowest BCUT2D eigenvalue weighted by Crippen LogP contribution is -2.33. The maximum Gasteiger partial charge on any atom is 0.292 e.